The second kappa shape index (κ2) is 9.62. The Balaban J connectivity index is 1.45. The van der Waals surface area contributed by atoms with Gasteiger partial charge in [0.1, 0.15) is 18.1 Å². The first-order valence-electron chi connectivity index (χ1n) is 13.5. The predicted molar refractivity (Wildman–Crippen MR) is 147 cm³/mol. The zero-order valence-electron chi connectivity index (χ0n) is 23.9. The molecular formula is C30H37N5O4. The van der Waals surface area contributed by atoms with Gasteiger partial charge in [0, 0.05) is 49.8 Å². The minimum Gasteiger partial charge on any atom is -0.379 e. The van der Waals surface area contributed by atoms with Gasteiger partial charge in [-0.25, -0.2) is 9.97 Å². The van der Waals surface area contributed by atoms with Crippen LogP contribution in [0.3, 0.4) is 0 Å². The van der Waals surface area contributed by atoms with Crippen molar-refractivity contribution in [1.82, 2.24) is 24.6 Å². The van der Waals surface area contributed by atoms with Gasteiger partial charge >= 0.3 is 0 Å². The number of amides is 1. The second-order valence-corrected chi connectivity index (χ2v) is 12.1. The first-order chi connectivity index (χ1) is 18.3. The monoisotopic (exact) mass is 531 g/mol. The number of carbonyl (C=O) groups is 3. The molecule has 5 rings (SSSR count). The highest BCUT2D eigenvalue weighted by atomic mass is 16.5. The number of rotatable bonds is 9. The first-order valence-corrected chi connectivity index (χ1v) is 13.5. The van der Waals surface area contributed by atoms with Crippen LogP contribution in [0.2, 0.25) is 0 Å². The maximum Gasteiger partial charge on any atom is 0.245 e. The molecule has 2 aliphatic rings. The third-order valence-electron chi connectivity index (χ3n) is 8.59. The number of aromatic nitrogens is 4. The Bertz CT molecular complexity index is 1470. The molecule has 2 aromatic heterocycles. The second-order valence-electron chi connectivity index (χ2n) is 12.1. The third-order valence-corrected chi connectivity index (χ3v) is 8.59. The van der Waals surface area contributed by atoms with Crippen molar-refractivity contribution in [2.45, 2.75) is 91.5 Å². The lowest BCUT2D eigenvalue weighted by molar-refractivity contribution is -0.139. The molecule has 0 radical (unpaired) electrons. The number of hydrogen-bond acceptors (Lipinski definition) is 7. The number of methoxy groups -OCH3 is 1. The van der Waals surface area contributed by atoms with E-state index < -0.39 is 11.6 Å². The maximum atomic E-state index is 13.8. The molecule has 9 nitrogen and oxygen atoms in total. The van der Waals surface area contributed by atoms with E-state index in [0.29, 0.717) is 36.2 Å². The lowest BCUT2D eigenvalue weighted by Crippen LogP contribution is -2.45. The summed E-state index contributed by atoms with van der Waals surface area (Å²) in [4.78, 5) is 50.1. The van der Waals surface area contributed by atoms with E-state index in [0.717, 1.165) is 28.6 Å². The van der Waals surface area contributed by atoms with E-state index in [4.69, 9.17) is 4.74 Å². The lowest BCUT2D eigenvalue weighted by Gasteiger charge is -2.28. The van der Waals surface area contributed by atoms with Gasteiger partial charge in [-0.05, 0) is 75.6 Å². The molecular weight excluding hydrogens is 494 g/mol. The summed E-state index contributed by atoms with van der Waals surface area (Å²) >= 11 is 0. The molecule has 1 saturated carbocycles. The molecule has 9 heteroatoms. The topological polar surface area (TPSA) is 107 Å². The number of hydrogen-bond donors (Lipinski definition) is 0. The van der Waals surface area contributed by atoms with Crippen LogP contribution in [0.5, 0.6) is 0 Å². The molecule has 39 heavy (non-hydrogen) atoms. The van der Waals surface area contributed by atoms with Crippen LogP contribution >= 0.6 is 0 Å². The van der Waals surface area contributed by atoms with Crippen molar-refractivity contribution >= 4 is 28.4 Å². The van der Waals surface area contributed by atoms with Crippen molar-refractivity contribution in [3.8, 4) is 11.1 Å². The molecule has 0 bridgehead atoms. The normalized spacial score (nSPS) is 22.3. The van der Waals surface area contributed by atoms with Crippen molar-refractivity contribution in [2.75, 3.05) is 7.11 Å². The van der Waals surface area contributed by atoms with Gasteiger partial charge in [0.25, 0.3) is 0 Å². The number of likely N-dealkylation sites (tertiary alicyclic amines) is 1. The zero-order chi connectivity index (χ0) is 28.3. The summed E-state index contributed by atoms with van der Waals surface area (Å²) in [6, 6.07) is 3.55. The smallest absolute Gasteiger partial charge is 0.245 e. The lowest BCUT2D eigenvalue weighted by atomic mass is 9.93. The van der Waals surface area contributed by atoms with E-state index >= 15 is 0 Å². The molecule has 0 spiro atoms. The van der Waals surface area contributed by atoms with Crippen LogP contribution in [0.15, 0.2) is 24.5 Å². The number of carbonyl (C=O) groups excluding carboxylic acids is 3. The van der Waals surface area contributed by atoms with Crippen LogP contribution < -0.4 is 0 Å². The van der Waals surface area contributed by atoms with E-state index in [9.17, 15) is 14.4 Å². The first kappa shape index (κ1) is 27.1. The van der Waals surface area contributed by atoms with Crippen molar-refractivity contribution in [2.24, 2.45) is 5.41 Å². The Morgan fingerprint density at radius 2 is 1.79 bits per heavy atom. The summed E-state index contributed by atoms with van der Waals surface area (Å²) < 4.78 is 7.12. The molecule has 3 atom stereocenters. The molecule has 206 valence electrons. The van der Waals surface area contributed by atoms with E-state index in [1.165, 1.54) is 6.92 Å². The fraction of sp³-hybridized carbons (Fsp3) is 0.533. The average Bonchev–Trinajstić information content (AvgIpc) is 3.24. The summed E-state index contributed by atoms with van der Waals surface area (Å²) in [5.41, 5.74) is 3.27. The Kier molecular flexibility index (Phi) is 6.69. The van der Waals surface area contributed by atoms with Crippen molar-refractivity contribution < 1.29 is 19.1 Å². The molecule has 1 saturated heterocycles. The molecule has 1 aromatic carbocycles. The quantitative estimate of drug-likeness (QED) is 0.375. The Morgan fingerprint density at radius 1 is 1.10 bits per heavy atom. The molecule has 1 aliphatic heterocycles. The highest BCUT2D eigenvalue weighted by Crippen LogP contribution is 2.59. The standard InChI is InChI=1S/C30H37N5O4/c1-17-10-20(21-14-31-19(3)32-15-21)11-22-27(18(2)36)33-34(28(17)22)16-26(38)35-23(12-30(6)13-25(30)35)24(37)8-9-29(4,5)39-7/h10-11,14-15,23,25H,8-9,12-13,16H2,1-7H3/t23-,25+,30-/m0/s1. The van der Waals surface area contributed by atoms with E-state index in [1.54, 1.807) is 29.1 Å². The molecule has 1 aliphatic carbocycles. The minimum absolute atomic E-state index is 0.00951. The number of nitrogens with zero attached hydrogens (tertiary/aromatic N) is 5. The van der Waals surface area contributed by atoms with Gasteiger partial charge in [-0.3, -0.25) is 19.1 Å². The molecule has 0 N–H and O–H groups in total. The minimum atomic E-state index is -0.433. The molecule has 3 aromatic rings. The third kappa shape index (κ3) is 5.00. The number of benzene rings is 1. The largest absolute Gasteiger partial charge is 0.379 e. The number of ether oxygens (including phenoxy) is 1. The van der Waals surface area contributed by atoms with Gasteiger partial charge in [-0.2, -0.15) is 5.10 Å². The summed E-state index contributed by atoms with van der Waals surface area (Å²) in [7, 11) is 1.65. The van der Waals surface area contributed by atoms with Crippen LogP contribution in [-0.2, 0) is 20.9 Å². The number of Topliss-reactive ketones (excluding diaryl/α,β-unsaturated/α-hetero) is 2. The Labute approximate surface area is 228 Å². The number of fused-ring (bicyclic) bond motifs is 2. The molecule has 1 amide bonds. The molecule has 3 heterocycles. The summed E-state index contributed by atoms with van der Waals surface area (Å²) in [6.07, 6.45) is 6.08. The van der Waals surface area contributed by atoms with Crippen molar-refractivity contribution in [1.29, 1.82) is 0 Å². The maximum absolute atomic E-state index is 13.8. The van der Waals surface area contributed by atoms with E-state index in [2.05, 4.69) is 22.0 Å². The van der Waals surface area contributed by atoms with Gasteiger partial charge in [0.05, 0.1) is 17.2 Å². The van der Waals surface area contributed by atoms with Gasteiger partial charge in [0.15, 0.2) is 11.6 Å². The van der Waals surface area contributed by atoms with Crippen LogP contribution in [0, 0.1) is 19.3 Å². The van der Waals surface area contributed by atoms with E-state index in [-0.39, 0.29) is 35.5 Å². The van der Waals surface area contributed by atoms with Crippen LogP contribution in [0.25, 0.3) is 22.0 Å². The van der Waals surface area contributed by atoms with Crippen LogP contribution in [-0.4, -0.2) is 66.9 Å². The average molecular weight is 532 g/mol. The highest BCUT2D eigenvalue weighted by Gasteiger charge is 2.64. The van der Waals surface area contributed by atoms with Gasteiger partial charge in [-0.1, -0.05) is 6.92 Å². The predicted octanol–water partition coefficient (Wildman–Crippen LogP) is 4.47. The molecule has 0 unspecified atom stereocenters. The highest BCUT2D eigenvalue weighted by molar-refractivity contribution is 6.07. The fourth-order valence-corrected chi connectivity index (χ4v) is 5.92. The SMILES string of the molecule is COC(C)(C)CCC(=O)[C@@H]1C[C@@]2(C)C[C@H]2N1C(=O)Cn1nc(C(C)=O)c2cc(-c3cnc(C)nc3)cc(C)c21. The number of piperidine rings is 1. The summed E-state index contributed by atoms with van der Waals surface area (Å²) in [6.45, 7) is 11.3. The fourth-order valence-electron chi connectivity index (χ4n) is 5.92. The van der Waals surface area contributed by atoms with E-state index in [1.807, 2.05) is 39.8 Å². The number of aryl methyl sites for hydroxylation is 2. The van der Waals surface area contributed by atoms with Gasteiger partial charge in [0.2, 0.25) is 5.91 Å². The Morgan fingerprint density at radius 3 is 2.44 bits per heavy atom. The van der Waals surface area contributed by atoms with Crippen LogP contribution in [0.4, 0.5) is 0 Å². The van der Waals surface area contributed by atoms with Gasteiger partial charge < -0.3 is 9.64 Å². The summed E-state index contributed by atoms with van der Waals surface area (Å²) in [5, 5.41) is 5.29. The summed E-state index contributed by atoms with van der Waals surface area (Å²) in [5.74, 6) is 0.450. The van der Waals surface area contributed by atoms with Gasteiger partial charge in [-0.15, -0.1) is 0 Å². The van der Waals surface area contributed by atoms with Crippen LogP contribution in [0.1, 0.15) is 75.3 Å². The number of ketones is 2. The van der Waals surface area contributed by atoms with Crippen molar-refractivity contribution in [3.63, 3.8) is 0 Å². The van der Waals surface area contributed by atoms with Crippen molar-refractivity contribution in [3.05, 3.63) is 41.6 Å². The Hall–Kier alpha value is -3.46. The zero-order valence-corrected chi connectivity index (χ0v) is 23.9. The molecule has 2 fully saturated rings.